The SMILES string of the molecule is Cc1cc(-c2cccc3cc(C(C)Nc4ncnc5scnc45)n(-c4ccccc4)c(=O)c23)cnc1F. The van der Waals surface area contributed by atoms with Crippen molar-refractivity contribution in [1.29, 1.82) is 0 Å². The largest absolute Gasteiger partial charge is 0.360 e. The zero-order valence-electron chi connectivity index (χ0n) is 20.0. The van der Waals surface area contributed by atoms with Crippen LogP contribution in [-0.4, -0.2) is 24.5 Å². The van der Waals surface area contributed by atoms with Gasteiger partial charge in [-0.3, -0.25) is 9.36 Å². The van der Waals surface area contributed by atoms with Gasteiger partial charge in [-0.2, -0.15) is 4.39 Å². The van der Waals surface area contributed by atoms with E-state index in [1.807, 2.05) is 61.5 Å². The van der Waals surface area contributed by atoms with Crippen molar-refractivity contribution in [3.63, 3.8) is 0 Å². The maximum Gasteiger partial charge on any atom is 0.263 e. The van der Waals surface area contributed by atoms with E-state index in [2.05, 4.69) is 25.3 Å². The van der Waals surface area contributed by atoms with Gasteiger partial charge < -0.3 is 5.32 Å². The molecule has 0 spiro atoms. The highest BCUT2D eigenvalue weighted by Crippen LogP contribution is 2.31. The number of nitrogens with one attached hydrogen (secondary N) is 1. The maximum absolute atomic E-state index is 14.2. The van der Waals surface area contributed by atoms with Crippen molar-refractivity contribution >= 4 is 38.3 Å². The Labute approximate surface area is 215 Å². The standard InChI is InChI=1S/C28H21FN6OS/c1-16-11-19(13-30-25(16)29)21-10-6-7-18-12-22(35(28(36)23(18)21)20-8-4-3-5-9-20)17(2)34-26-24-27(32-14-31-26)37-15-33-24/h3-15,17H,1-2H3,(H,31,32,34). The molecule has 0 aliphatic carbocycles. The first-order valence-corrected chi connectivity index (χ1v) is 12.6. The van der Waals surface area contributed by atoms with Gasteiger partial charge in [-0.25, -0.2) is 19.9 Å². The lowest BCUT2D eigenvalue weighted by Gasteiger charge is -2.22. The predicted molar refractivity (Wildman–Crippen MR) is 145 cm³/mol. The number of pyridine rings is 2. The average molecular weight is 509 g/mol. The van der Waals surface area contributed by atoms with Gasteiger partial charge in [0.25, 0.3) is 5.56 Å². The molecule has 6 aromatic rings. The van der Waals surface area contributed by atoms with Crippen LogP contribution in [-0.2, 0) is 0 Å². The van der Waals surface area contributed by atoms with Crippen molar-refractivity contribution in [3.05, 3.63) is 106 Å². The molecule has 37 heavy (non-hydrogen) atoms. The Kier molecular flexibility index (Phi) is 5.69. The second-order valence-electron chi connectivity index (χ2n) is 8.74. The minimum atomic E-state index is -0.521. The summed E-state index contributed by atoms with van der Waals surface area (Å²) in [5.74, 6) is 0.0827. The quantitative estimate of drug-likeness (QED) is 0.284. The number of benzene rings is 2. The topological polar surface area (TPSA) is 85.6 Å². The zero-order valence-corrected chi connectivity index (χ0v) is 20.8. The molecule has 1 atom stereocenters. The van der Waals surface area contributed by atoms with E-state index < -0.39 is 5.95 Å². The summed E-state index contributed by atoms with van der Waals surface area (Å²) in [5, 5.41) is 4.75. The number of halogens is 1. The van der Waals surface area contributed by atoms with Crippen LogP contribution in [0.25, 0.3) is 37.9 Å². The summed E-state index contributed by atoms with van der Waals surface area (Å²) in [7, 11) is 0. The lowest BCUT2D eigenvalue weighted by molar-refractivity contribution is 0.575. The van der Waals surface area contributed by atoms with E-state index in [4.69, 9.17) is 0 Å². The van der Waals surface area contributed by atoms with Crippen molar-refractivity contribution in [3.8, 4) is 16.8 Å². The van der Waals surface area contributed by atoms with Gasteiger partial charge >= 0.3 is 0 Å². The van der Waals surface area contributed by atoms with Crippen molar-refractivity contribution in [2.24, 2.45) is 0 Å². The average Bonchev–Trinajstić information content (AvgIpc) is 3.40. The molecule has 1 unspecified atom stereocenters. The molecule has 0 amide bonds. The normalized spacial score (nSPS) is 12.2. The molecule has 7 nitrogen and oxygen atoms in total. The van der Waals surface area contributed by atoms with Crippen LogP contribution in [0.15, 0.2) is 83.5 Å². The number of anilines is 1. The molecule has 0 bridgehead atoms. The number of aromatic nitrogens is 5. The van der Waals surface area contributed by atoms with Gasteiger partial charge in [0.15, 0.2) is 5.82 Å². The number of aryl methyl sites for hydroxylation is 1. The van der Waals surface area contributed by atoms with E-state index in [1.54, 1.807) is 23.1 Å². The Morgan fingerprint density at radius 2 is 1.84 bits per heavy atom. The molecule has 2 aromatic carbocycles. The summed E-state index contributed by atoms with van der Waals surface area (Å²) in [6, 6.07) is 18.6. The van der Waals surface area contributed by atoms with Gasteiger partial charge in [-0.1, -0.05) is 36.4 Å². The van der Waals surface area contributed by atoms with Crippen LogP contribution in [0.3, 0.4) is 0 Å². The summed E-state index contributed by atoms with van der Waals surface area (Å²) in [4.78, 5) is 32.0. The molecular weight excluding hydrogens is 487 g/mol. The summed E-state index contributed by atoms with van der Waals surface area (Å²) in [6.45, 7) is 3.65. The molecule has 0 fully saturated rings. The highest BCUT2D eigenvalue weighted by atomic mass is 32.1. The van der Waals surface area contributed by atoms with Crippen LogP contribution < -0.4 is 10.9 Å². The van der Waals surface area contributed by atoms with E-state index in [9.17, 15) is 9.18 Å². The van der Waals surface area contributed by atoms with Crippen LogP contribution >= 0.6 is 11.3 Å². The maximum atomic E-state index is 14.2. The molecule has 0 aliphatic heterocycles. The molecule has 1 N–H and O–H groups in total. The highest BCUT2D eigenvalue weighted by molar-refractivity contribution is 7.16. The lowest BCUT2D eigenvalue weighted by Crippen LogP contribution is -2.26. The zero-order chi connectivity index (χ0) is 25.5. The molecule has 182 valence electrons. The second-order valence-corrected chi connectivity index (χ2v) is 9.57. The van der Waals surface area contributed by atoms with Crippen LogP contribution in [0, 0.1) is 12.9 Å². The van der Waals surface area contributed by atoms with Gasteiger partial charge in [0.1, 0.15) is 16.7 Å². The van der Waals surface area contributed by atoms with Gasteiger partial charge in [0.05, 0.1) is 16.9 Å². The Bertz CT molecular complexity index is 1830. The summed E-state index contributed by atoms with van der Waals surface area (Å²) in [5.41, 5.74) is 5.56. The second kappa shape index (κ2) is 9.18. The number of fused-ring (bicyclic) bond motifs is 2. The minimum absolute atomic E-state index is 0.175. The van der Waals surface area contributed by atoms with Crippen LogP contribution in [0.4, 0.5) is 10.2 Å². The van der Waals surface area contributed by atoms with Crippen molar-refractivity contribution in [2.45, 2.75) is 19.9 Å². The number of para-hydroxylation sites is 1. The predicted octanol–water partition coefficient (Wildman–Crippen LogP) is 6.07. The number of rotatable bonds is 5. The molecule has 0 saturated heterocycles. The third-order valence-electron chi connectivity index (χ3n) is 6.35. The van der Waals surface area contributed by atoms with Crippen molar-refractivity contribution in [2.75, 3.05) is 5.32 Å². The van der Waals surface area contributed by atoms with E-state index in [0.717, 1.165) is 21.6 Å². The fourth-order valence-electron chi connectivity index (χ4n) is 4.57. The third-order valence-corrected chi connectivity index (χ3v) is 7.08. The first-order chi connectivity index (χ1) is 18.0. The van der Waals surface area contributed by atoms with Crippen LogP contribution in [0.5, 0.6) is 0 Å². The number of thiazole rings is 1. The monoisotopic (exact) mass is 508 g/mol. The summed E-state index contributed by atoms with van der Waals surface area (Å²) < 4.78 is 15.6. The summed E-state index contributed by atoms with van der Waals surface area (Å²) >= 11 is 1.44. The van der Waals surface area contributed by atoms with Gasteiger partial charge in [-0.05, 0) is 49.1 Å². The fraction of sp³-hybridized carbons (Fsp3) is 0.107. The first-order valence-electron chi connectivity index (χ1n) is 11.7. The molecule has 4 heterocycles. The molecule has 0 radical (unpaired) electrons. The fourth-order valence-corrected chi connectivity index (χ4v) is 5.20. The Hall–Kier alpha value is -4.50. The molecule has 6 rings (SSSR count). The van der Waals surface area contributed by atoms with E-state index in [1.165, 1.54) is 23.9 Å². The van der Waals surface area contributed by atoms with Gasteiger partial charge in [0, 0.05) is 28.7 Å². The Balaban J connectivity index is 1.57. The van der Waals surface area contributed by atoms with E-state index in [0.29, 0.717) is 33.4 Å². The van der Waals surface area contributed by atoms with E-state index in [-0.39, 0.29) is 11.6 Å². The van der Waals surface area contributed by atoms with E-state index >= 15 is 0 Å². The van der Waals surface area contributed by atoms with Crippen molar-refractivity contribution < 1.29 is 4.39 Å². The first kappa shape index (κ1) is 22.9. The molecule has 9 heteroatoms. The van der Waals surface area contributed by atoms with Crippen molar-refractivity contribution in [1.82, 2.24) is 24.5 Å². The molecule has 0 saturated carbocycles. The summed E-state index contributed by atoms with van der Waals surface area (Å²) in [6.07, 6.45) is 2.97. The Morgan fingerprint density at radius 1 is 1.00 bits per heavy atom. The molecular formula is C28H21FN6OS. The smallest absolute Gasteiger partial charge is 0.263 e. The highest BCUT2D eigenvalue weighted by Gasteiger charge is 2.20. The van der Waals surface area contributed by atoms with Gasteiger partial charge in [0.2, 0.25) is 5.95 Å². The minimum Gasteiger partial charge on any atom is -0.360 e. The number of hydrogen-bond donors (Lipinski definition) is 1. The van der Waals surface area contributed by atoms with Crippen LogP contribution in [0.2, 0.25) is 0 Å². The molecule has 4 aromatic heterocycles. The molecule has 0 aliphatic rings. The Morgan fingerprint density at radius 3 is 2.65 bits per heavy atom. The third kappa shape index (κ3) is 4.03. The van der Waals surface area contributed by atoms with Crippen LogP contribution in [0.1, 0.15) is 24.2 Å². The number of nitrogens with zero attached hydrogens (tertiary/aromatic N) is 5. The lowest BCUT2D eigenvalue weighted by atomic mass is 9.98. The number of hydrogen-bond acceptors (Lipinski definition) is 7. The van der Waals surface area contributed by atoms with Gasteiger partial charge in [-0.15, -0.1) is 11.3 Å².